The molecule has 1 aromatic rings. The molecule has 0 radical (unpaired) electrons. The third kappa shape index (κ3) is 2.82. The van der Waals surface area contributed by atoms with E-state index in [1.807, 2.05) is 12.1 Å². The molecular weight excluding hydrogens is 242 g/mol. The lowest BCUT2D eigenvalue weighted by molar-refractivity contribution is 0.322. The Morgan fingerprint density at radius 1 is 1.56 bits per heavy atom. The third-order valence-electron chi connectivity index (χ3n) is 3.72. The van der Waals surface area contributed by atoms with Gasteiger partial charge in [-0.05, 0) is 45.0 Å². The number of nitrogens with two attached hydrogens (primary N) is 1. The molecule has 2 rings (SSSR count). The average Bonchev–Trinajstić information content (AvgIpc) is 2.73. The zero-order valence-electron chi connectivity index (χ0n) is 11.1. The van der Waals surface area contributed by atoms with Gasteiger partial charge in [-0.3, -0.25) is 0 Å². The summed E-state index contributed by atoms with van der Waals surface area (Å²) in [7, 11) is 2.19. The lowest BCUT2D eigenvalue weighted by atomic mass is 10.1. The van der Waals surface area contributed by atoms with Crippen molar-refractivity contribution in [3.63, 3.8) is 0 Å². The SMILES string of the molecule is Cc1cccc(C(N)=S)c1NCC1CCCN1C. The van der Waals surface area contributed by atoms with E-state index in [0.29, 0.717) is 11.0 Å². The summed E-state index contributed by atoms with van der Waals surface area (Å²) in [6.07, 6.45) is 2.55. The van der Waals surface area contributed by atoms with Crippen LogP contribution in [-0.2, 0) is 0 Å². The number of para-hydroxylation sites is 1. The fourth-order valence-corrected chi connectivity index (χ4v) is 2.73. The zero-order valence-corrected chi connectivity index (χ0v) is 11.9. The van der Waals surface area contributed by atoms with Gasteiger partial charge in [0.25, 0.3) is 0 Å². The predicted octanol–water partition coefficient (Wildman–Crippen LogP) is 2.14. The van der Waals surface area contributed by atoms with E-state index in [1.165, 1.54) is 24.9 Å². The van der Waals surface area contributed by atoms with Crippen LogP contribution in [0.1, 0.15) is 24.0 Å². The first-order valence-corrected chi connectivity index (χ1v) is 6.84. The van der Waals surface area contributed by atoms with E-state index in [2.05, 4.69) is 30.3 Å². The largest absolute Gasteiger partial charge is 0.389 e. The van der Waals surface area contributed by atoms with Crippen LogP contribution < -0.4 is 11.1 Å². The van der Waals surface area contributed by atoms with Crippen LogP contribution in [0, 0.1) is 6.92 Å². The summed E-state index contributed by atoms with van der Waals surface area (Å²) < 4.78 is 0. The smallest absolute Gasteiger partial charge is 0.106 e. The van der Waals surface area contributed by atoms with Crippen LogP contribution in [0.3, 0.4) is 0 Å². The molecule has 1 fully saturated rings. The molecule has 3 nitrogen and oxygen atoms in total. The van der Waals surface area contributed by atoms with E-state index in [9.17, 15) is 0 Å². The standard InChI is InChI=1S/C14H21N3S/c1-10-5-3-7-12(14(15)18)13(10)16-9-11-6-4-8-17(11)2/h3,5,7,11,16H,4,6,8-9H2,1-2H3,(H2,15,18). The fourth-order valence-electron chi connectivity index (χ4n) is 2.56. The average molecular weight is 263 g/mol. The molecule has 0 bridgehead atoms. The first kappa shape index (κ1) is 13.3. The van der Waals surface area contributed by atoms with Gasteiger partial charge in [0, 0.05) is 23.8 Å². The molecule has 1 unspecified atom stereocenters. The summed E-state index contributed by atoms with van der Waals surface area (Å²) >= 11 is 5.11. The molecule has 1 saturated heterocycles. The van der Waals surface area contributed by atoms with Crippen molar-refractivity contribution in [3.8, 4) is 0 Å². The van der Waals surface area contributed by atoms with E-state index in [4.69, 9.17) is 18.0 Å². The lowest BCUT2D eigenvalue weighted by Crippen LogP contribution is -2.32. The topological polar surface area (TPSA) is 41.3 Å². The molecule has 3 N–H and O–H groups in total. The number of thiocarbonyl (C=S) groups is 1. The van der Waals surface area contributed by atoms with E-state index in [1.54, 1.807) is 0 Å². The van der Waals surface area contributed by atoms with Gasteiger partial charge in [0.1, 0.15) is 4.99 Å². The maximum absolute atomic E-state index is 5.78. The molecule has 1 aliphatic heterocycles. The van der Waals surface area contributed by atoms with Crippen molar-refractivity contribution in [1.82, 2.24) is 4.90 Å². The summed E-state index contributed by atoms with van der Waals surface area (Å²) in [5.74, 6) is 0. The Labute approximate surface area is 114 Å². The number of rotatable bonds is 4. The maximum atomic E-state index is 5.78. The van der Waals surface area contributed by atoms with Crippen LogP contribution in [0.25, 0.3) is 0 Å². The van der Waals surface area contributed by atoms with Crippen LogP contribution in [0.15, 0.2) is 18.2 Å². The van der Waals surface area contributed by atoms with Gasteiger partial charge in [0.2, 0.25) is 0 Å². The van der Waals surface area contributed by atoms with Crippen molar-refractivity contribution >= 4 is 22.9 Å². The summed E-state index contributed by atoms with van der Waals surface area (Å²) in [4.78, 5) is 2.87. The van der Waals surface area contributed by atoms with Crippen molar-refractivity contribution in [2.75, 3.05) is 25.5 Å². The second kappa shape index (κ2) is 5.67. The molecule has 0 aliphatic carbocycles. The van der Waals surface area contributed by atoms with E-state index in [0.717, 1.165) is 17.8 Å². The molecule has 18 heavy (non-hydrogen) atoms. The number of nitrogens with zero attached hydrogens (tertiary/aromatic N) is 1. The minimum atomic E-state index is 0.459. The van der Waals surface area contributed by atoms with Crippen LogP contribution in [0.4, 0.5) is 5.69 Å². The van der Waals surface area contributed by atoms with Crippen LogP contribution in [0.5, 0.6) is 0 Å². The van der Waals surface area contributed by atoms with E-state index < -0.39 is 0 Å². The Morgan fingerprint density at radius 3 is 2.94 bits per heavy atom. The van der Waals surface area contributed by atoms with Crippen molar-refractivity contribution in [3.05, 3.63) is 29.3 Å². The molecule has 0 aromatic heterocycles. The zero-order chi connectivity index (χ0) is 13.1. The second-order valence-corrected chi connectivity index (χ2v) is 5.46. The highest BCUT2D eigenvalue weighted by atomic mass is 32.1. The molecule has 0 saturated carbocycles. The first-order chi connectivity index (χ1) is 8.59. The normalized spacial score (nSPS) is 20.0. The molecule has 1 atom stereocenters. The molecule has 0 spiro atoms. The highest BCUT2D eigenvalue weighted by Crippen LogP contribution is 2.22. The molecule has 1 heterocycles. The number of aryl methyl sites for hydroxylation is 1. The van der Waals surface area contributed by atoms with E-state index in [-0.39, 0.29) is 0 Å². The number of hydrogen-bond donors (Lipinski definition) is 2. The van der Waals surface area contributed by atoms with Crippen LogP contribution in [0.2, 0.25) is 0 Å². The molecule has 4 heteroatoms. The van der Waals surface area contributed by atoms with Gasteiger partial charge in [-0.2, -0.15) is 0 Å². The number of benzene rings is 1. The van der Waals surface area contributed by atoms with Gasteiger partial charge >= 0.3 is 0 Å². The molecule has 0 amide bonds. The number of nitrogens with one attached hydrogen (secondary N) is 1. The Morgan fingerprint density at radius 2 is 2.33 bits per heavy atom. The minimum absolute atomic E-state index is 0.459. The number of hydrogen-bond acceptors (Lipinski definition) is 3. The van der Waals surface area contributed by atoms with Crippen molar-refractivity contribution in [2.45, 2.75) is 25.8 Å². The van der Waals surface area contributed by atoms with Gasteiger partial charge in [-0.15, -0.1) is 0 Å². The van der Waals surface area contributed by atoms with Gasteiger partial charge in [-0.1, -0.05) is 24.4 Å². The molecular formula is C14H21N3S. The molecule has 98 valence electrons. The Kier molecular flexibility index (Phi) is 4.19. The van der Waals surface area contributed by atoms with Crippen molar-refractivity contribution in [2.24, 2.45) is 5.73 Å². The lowest BCUT2D eigenvalue weighted by Gasteiger charge is -2.22. The third-order valence-corrected chi connectivity index (χ3v) is 3.94. The summed E-state index contributed by atoms with van der Waals surface area (Å²) in [5, 5.41) is 3.53. The van der Waals surface area contributed by atoms with Gasteiger partial charge in [0.15, 0.2) is 0 Å². The summed E-state index contributed by atoms with van der Waals surface area (Å²) in [5.41, 5.74) is 9.01. The number of anilines is 1. The minimum Gasteiger partial charge on any atom is -0.389 e. The van der Waals surface area contributed by atoms with Gasteiger partial charge in [-0.25, -0.2) is 0 Å². The van der Waals surface area contributed by atoms with Crippen molar-refractivity contribution in [1.29, 1.82) is 0 Å². The molecule has 1 aliphatic rings. The molecule has 1 aromatic carbocycles. The summed E-state index contributed by atoms with van der Waals surface area (Å²) in [6, 6.07) is 6.68. The van der Waals surface area contributed by atoms with E-state index >= 15 is 0 Å². The Hall–Kier alpha value is -1.13. The maximum Gasteiger partial charge on any atom is 0.106 e. The fraction of sp³-hybridized carbons (Fsp3) is 0.500. The second-order valence-electron chi connectivity index (χ2n) is 5.02. The first-order valence-electron chi connectivity index (χ1n) is 6.43. The summed E-state index contributed by atoms with van der Waals surface area (Å²) in [6.45, 7) is 4.24. The predicted molar refractivity (Wildman–Crippen MR) is 81.2 cm³/mol. The Balaban J connectivity index is 2.11. The highest BCUT2D eigenvalue weighted by molar-refractivity contribution is 7.80. The van der Waals surface area contributed by atoms with Crippen molar-refractivity contribution < 1.29 is 0 Å². The van der Waals surface area contributed by atoms with Crippen LogP contribution in [-0.4, -0.2) is 36.1 Å². The quantitative estimate of drug-likeness (QED) is 0.817. The van der Waals surface area contributed by atoms with Gasteiger partial charge < -0.3 is 16.0 Å². The van der Waals surface area contributed by atoms with Crippen LogP contribution >= 0.6 is 12.2 Å². The highest BCUT2D eigenvalue weighted by Gasteiger charge is 2.20. The monoisotopic (exact) mass is 263 g/mol. The number of likely N-dealkylation sites (tertiary alicyclic amines) is 1. The van der Waals surface area contributed by atoms with Gasteiger partial charge in [0.05, 0.1) is 0 Å². The Bertz CT molecular complexity index is 445. The number of likely N-dealkylation sites (N-methyl/N-ethyl adjacent to an activating group) is 1.